The molecule has 3 rings (SSSR count). The highest BCUT2D eigenvalue weighted by atomic mass is 16.5. The summed E-state index contributed by atoms with van der Waals surface area (Å²) in [6, 6.07) is 23.5. The second kappa shape index (κ2) is 11.4. The zero-order chi connectivity index (χ0) is 21.9. The minimum absolute atomic E-state index is 0.123. The Morgan fingerprint density at radius 3 is 2.13 bits per heavy atom. The molecule has 3 aromatic rings. The normalized spacial score (nSPS) is 10.2. The number of benzene rings is 3. The number of anilines is 1. The van der Waals surface area contributed by atoms with Gasteiger partial charge in [-0.1, -0.05) is 42.5 Å². The number of ether oxygens (including phenoxy) is 3. The van der Waals surface area contributed by atoms with Crippen molar-refractivity contribution in [3.05, 3.63) is 90.0 Å². The van der Waals surface area contributed by atoms with Crippen molar-refractivity contribution in [3.8, 4) is 11.5 Å². The summed E-state index contributed by atoms with van der Waals surface area (Å²) in [6.07, 6.45) is 0.123. The summed E-state index contributed by atoms with van der Waals surface area (Å²) in [5, 5.41) is 2.83. The van der Waals surface area contributed by atoms with E-state index in [9.17, 15) is 9.59 Å². The number of nitrogens with one attached hydrogen (secondary N) is 1. The molecule has 0 fully saturated rings. The van der Waals surface area contributed by atoms with Gasteiger partial charge in [-0.3, -0.25) is 9.59 Å². The summed E-state index contributed by atoms with van der Waals surface area (Å²) in [7, 11) is 0. The fraction of sp³-hybridized carbons (Fsp3) is 0.200. The van der Waals surface area contributed by atoms with Gasteiger partial charge >= 0.3 is 5.97 Å². The van der Waals surface area contributed by atoms with Crippen molar-refractivity contribution in [3.63, 3.8) is 0 Å². The smallest absolute Gasteiger partial charge is 0.309 e. The number of rotatable bonds is 10. The molecular formula is C25H25NO5. The van der Waals surface area contributed by atoms with E-state index in [4.69, 9.17) is 14.2 Å². The molecular weight excluding hydrogens is 394 g/mol. The largest absolute Gasteiger partial charge is 0.490 e. The summed E-state index contributed by atoms with van der Waals surface area (Å²) >= 11 is 0. The van der Waals surface area contributed by atoms with Crippen molar-refractivity contribution in [1.29, 1.82) is 0 Å². The number of hydrogen-bond donors (Lipinski definition) is 1. The van der Waals surface area contributed by atoms with E-state index >= 15 is 0 Å². The maximum Gasteiger partial charge on any atom is 0.309 e. The van der Waals surface area contributed by atoms with Gasteiger partial charge in [-0.15, -0.1) is 0 Å². The van der Waals surface area contributed by atoms with Gasteiger partial charge in [0.15, 0.2) is 11.5 Å². The summed E-state index contributed by atoms with van der Waals surface area (Å²) in [5.74, 6) is 0.690. The van der Waals surface area contributed by atoms with Gasteiger partial charge in [0, 0.05) is 11.3 Å². The lowest BCUT2D eigenvalue weighted by molar-refractivity contribution is -0.145. The molecule has 0 saturated heterocycles. The van der Waals surface area contributed by atoms with Gasteiger partial charge in [-0.2, -0.15) is 0 Å². The zero-order valence-corrected chi connectivity index (χ0v) is 17.4. The summed E-state index contributed by atoms with van der Waals surface area (Å²) < 4.78 is 16.4. The van der Waals surface area contributed by atoms with Crippen LogP contribution in [0.4, 0.5) is 5.69 Å². The van der Waals surface area contributed by atoms with Crippen LogP contribution in [0, 0.1) is 0 Å². The Balaban J connectivity index is 1.41. The summed E-state index contributed by atoms with van der Waals surface area (Å²) in [4.78, 5) is 24.3. The fourth-order valence-electron chi connectivity index (χ4n) is 2.80. The van der Waals surface area contributed by atoms with Gasteiger partial charge in [-0.05, 0) is 48.9 Å². The third-order valence-corrected chi connectivity index (χ3v) is 4.36. The summed E-state index contributed by atoms with van der Waals surface area (Å²) in [5.41, 5.74) is 2.06. The van der Waals surface area contributed by atoms with Crippen LogP contribution in [-0.2, 0) is 16.1 Å². The van der Waals surface area contributed by atoms with E-state index < -0.39 is 0 Å². The molecule has 31 heavy (non-hydrogen) atoms. The second-order valence-corrected chi connectivity index (χ2v) is 6.66. The molecule has 0 aliphatic rings. The van der Waals surface area contributed by atoms with Crippen LogP contribution < -0.4 is 14.8 Å². The van der Waals surface area contributed by atoms with Crippen LogP contribution in [0.1, 0.15) is 29.3 Å². The molecule has 1 N–H and O–H groups in total. The molecule has 0 atom stereocenters. The predicted octanol–water partition coefficient (Wildman–Crippen LogP) is 4.85. The predicted molar refractivity (Wildman–Crippen MR) is 118 cm³/mol. The molecule has 0 aromatic heterocycles. The van der Waals surface area contributed by atoms with Crippen molar-refractivity contribution < 1.29 is 23.8 Å². The Hall–Kier alpha value is -3.80. The Bertz CT molecular complexity index is 986. The van der Waals surface area contributed by atoms with E-state index in [-0.39, 0.29) is 31.5 Å². The Labute approximate surface area is 181 Å². The van der Waals surface area contributed by atoms with Crippen LogP contribution in [0.3, 0.4) is 0 Å². The minimum Gasteiger partial charge on any atom is -0.490 e. The first-order chi connectivity index (χ1) is 15.2. The first-order valence-corrected chi connectivity index (χ1v) is 10.1. The van der Waals surface area contributed by atoms with Crippen molar-refractivity contribution in [1.82, 2.24) is 0 Å². The topological polar surface area (TPSA) is 73.9 Å². The number of para-hydroxylation sites is 3. The van der Waals surface area contributed by atoms with Gasteiger partial charge < -0.3 is 19.5 Å². The average Bonchev–Trinajstić information content (AvgIpc) is 2.80. The molecule has 0 saturated carbocycles. The minimum atomic E-state index is -0.361. The van der Waals surface area contributed by atoms with Gasteiger partial charge in [0.25, 0.3) is 5.91 Å². The molecule has 0 heterocycles. The molecule has 6 heteroatoms. The Morgan fingerprint density at radius 1 is 0.806 bits per heavy atom. The Kier molecular flexibility index (Phi) is 8.05. The molecule has 0 aliphatic heterocycles. The number of amides is 1. The maximum atomic E-state index is 12.3. The third kappa shape index (κ3) is 6.89. The van der Waals surface area contributed by atoms with Gasteiger partial charge in [0.05, 0.1) is 19.6 Å². The standard InChI is InChI=1S/C25H25NO5/c1-2-29-22-10-6-7-11-23(22)30-17-16-24(27)31-18-19-12-14-20(15-13-19)25(28)26-21-8-4-3-5-9-21/h3-15H,2,16-18H2,1H3,(H,26,28). The van der Waals surface area contributed by atoms with E-state index in [0.29, 0.717) is 23.7 Å². The number of carbonyl (C=O) groups is 2. The van der Waals surface area contributed by atoms with Gasteiger partial charge in [0.1, 0.15) is 6.61 Å². The lowest BCUT2D eigenvalue weighted by Gasteiger charge is -2.11. The molecule has 160 valence electrons. The summed E-state index contributed by atoms with van der Waals surface area (Å²) in [6.45, 7) is 2.77. The molecule has 1 amide bonds. The lowest BCUT2D eigenvalue weighted by Crippen LogP contribution is -2.12. The molecule has 0 spiro atoms. The number of hydrogen-bond acceptors (Lipinski definition) is 5. The average molecular weight is 419 g/mol. The van der Waals surface area contributed by atoms with Crippen molar-refractivity contribution >= 4 is 17.6 Å². The third-order valence-electron chi connectivity index (χ3n) is 4.36. The van der Waals surface area contributed by atoms with E-state index in [2.05, 4.69) is 5.32 Å². The molecule has 0 aliphatic carbocycles. The highest BCUT2D eigenvalue weighted by Crippen LogP contribution is 2.26. The van der Waals surface area contributed by atoms with Crippen LogP contribution in [-0.4, -0.2) is 25.1 Å². The van der Waals surface area contributed by atoms with Crippen LogP contribution in [0.15, 0.2) is 78.9 Å². The first kappa shape index (κ1) is 21.9. The van der Waals surface area contributed by atoms with Crippen molar-refractivity contribution in [2.75, 3.05) is 18.5 Å². The van der Waals surface area contributed by atoms with E-state index in [1.54, 1.807) is 30.3 Å². The quantitative estimate of drug-likeness (QED) is 0.476. The van der Waals surface area contributed by atoms with E-state index in [1.807, 2.05) is 55.5 Å². The van der Waals surface area contributed by atoms with Crippen molar-refractivity contribution in [2.24, 2.45) is 0 Å². The first-order valence-electron chi connectivity index (χ1n) is 10.1. The van der Waals surface area contributed by atoms with Gasteiger partial charge in [-0.25, -0.2) is 0 Å². The van der Waals surface area contributed by atoms with Crippen LogP contribution in [0.5, 0.6) is 11.5 Å². The molecule has 0 bridgehead atoms. The number of esters is 1. The SMILES string of the molecule is CCOc1ccccc1OCCC(=O)OCc1ccc(C(=O)Nc2ccccc2)cc1. The van der Waals surface area contributed by atoms with Crippen LogP contribution in [0.25, 0.3) is 0 Å². The van der Waals surface area contributed by atoms with E-state index in [0.717, 1.165) is 11.3 Å². The Morgan fingerprint density at radius 2 is 1.45 bits per heavy atom. The van der Waals surface area contributed by atoms with Crippen molar-refractivity contribution in [2.45, 2.75) is 20.0 Å². The molecule has 6 nitrogen and oxygen atoms in total. The zero-order valence-electron chi connectivity index (χ0n) is 17.4. The maximum absolute atomic E-state index is 12.3. The van der Waals surface area contributed by atoms with E-state index in [1.165, 1.54) is 0 Å². The fourth-order valence-corrected chi connectivity index (χ4v) is 2.80. The highest BCUT2D eigenvalue weighted by Gasteiger charge is 2.09. The van der Waals surface area contributed by atoms with Gasteiger partial charge in [0.2, 0.25) is 0 Å². The monoisotopic (exact) mass is 419 g/mol. The highest BCUT2D eigenvalue weighted by molar-refractivity contribution is 6.04. The molecule has 3 aromatic carbocycles. The second-order valence-electron chi connectivity index (χ2n) is 6.66. The molecule has 0 unspecified atom stereocenters. The number of carbonyl (C=O) groups excluding carboxylic acids is 2. The van der Waals surface area contributed by atoms with Crippen LogP contribution >= 0.6 is 0 Å². The van der Waals surface area contributed by atoms with Crippen LogP contribution in [0.2, 0.25) is 0 Å². The lowest BCUT2D eigenvalue weighted by atomic mass is 10.1. The molecule has 0 radical (unpaired) electrons.